The van der Waals surface area contributed by atoms with Crippen LogP contribution in [0.2, 0.25) is 0 Å². The van der Waals surface area contributed by atoms with Crippen molar-refractivity contribution in [3.8, 4) is 0 Å². The van der Waals surface area contributed by atoms with Crippen LogP contribution >= 0.6 is 0 Å². The maximum absolute atomic E-state index is 3.70. The summed E-state index contributed by atoms with van der Waals surface area (Å²) in [6.45, 7) is 5.47. The predicted octanol–water partition coefficient (Wildman–Crippen LogP) is 4.38. The molecule has 1 saturated carbocycles. The molecule has 1 fully saturated rings. The fourth-order valence-electron chi connectivity index (χ4n) is 3.10. The Morgan fingerprint density at radius 3 is 2.29 bits per heavy atom. The van der Waals surface area contributed by atoms with E-state index in [0.29, 0.717) is 5.92 Å². The van der Waals surface area contributed by atoms with E-state index in [9.17, 15) is 0 Å². The average Bonchev–Trinajstić information content (AvgIpc) is 3.27. The van der Waals surface area contributed by atoms with Crippen LogP contribution in [0.15, 0.2) is 48.5 Å². The molecule has 0 saturated heterocycles. The van der Waals surface area contributed by atoms with Crippen molar-refractivity contribution in [2.45, 2.75) is 45.1 Å². The van der Waals surface area contributed by atoms with Crippen LogP contribution in [-0.2, 0) is 6.42 Å². The van der Waals surface area contributed by atoms with Gasteiger partial charge in [-0.3, -0.25) is 0 Å². The van der Waals surface area contributed by atoms with Gasteiger partial charge in [0, 0.05) is 18.5 Å². The minimum absolute atomic E-state index is 0.563. The van der Waals surface area contributed by atoms with E-state index in [1.165, 1.54) is 35.1 Å². The predicted molar refractivity (Wildman–Crippen MR) is 89.8 cm³/mol. The molecule has 1 nitrogen and oxygen atoms in total. The lowest BCUT2D eigenvalue weighted by Crippen LogP contribution is -2.24. The molecule has 0 aliphatic heterocycles. The maximum atomic E-state index is 3.70. The van der Waals surface area contributed by atoms with E-state index in [1.54, 1.807) is 0 Å². The highest BCUT2D eigenvalue weighted by Gasteiger charge is 2.22. The van der Waals surface area contributed by atoms with E-state index in [-0.39, 0.29) is 0 Å². The monoisotopic (exact) mass is 279 g/mol. The van der Waals surface area contributed by atoms with Gasteiger partial charge in [0.1, 0.15) is 0 Å². The highest BCUT2D eigenvalue weighted by atomic mass is 14.9. The molecule has 1 aliphatic rings. The van der Waals surface area contributed by atoms with E-state index < -0.39 is 0 Å². The van der Waals surface area contributed by atoms with Crippen molar-refractivity contribution in [3.63, 3.8) is 0 Å². The first-order chi connectivity index (χ1) is 10.2. The van der Waals surface area contributed by atoms with Gasteiger partial charge in [0.15, 0.2) is 0 Å². The first-order valence-corrected chi connectivity index (χ1v) is 8.06. The maximum Gasteiger partial charge on any atom is 0.00684 e. The van der Waals surface area contributed by atoms with E-state index in [4.69, 9.17) is 0 Å². The van der Waals surface area contributed by atoms with Crippen LogP contribution in [0.3, 0.4) is 0 Å². The van der Waals surface area contributed by atoms with Crippen LogP contribution in [0, 0.1) is 13.8 Å². The summed E-state index contributed by atoms with van der Waals surface area (Å²) in [7, 11) is 0. The van der Waals surface area contributed by atoms with Crippen LogP contribution in [0.4, 0.5) is 0 Å². The van der Waals surface area contributed by atoms with Crippen molar-refractivity contribution in [2.75, 3.05) is 6.54 Å². The molecular formula is C20H25N. The molecule has 1 aliphatic carbocycles. The molecule has 0 heterocycles. The largest absolute Gasteiger partial charge is 0.313 e. The van der Waals surface area contributed by atoms with Gasteiger partial charge in [0.2, 0.25) is 0 Å². The number of nitrogens with one attached hydrogen (secondary N) is 1. The fourth-order valence-corrected chi connectivity index (χ4v) is 3.10. The molecule has 0 bridgehead atoms. The van der Waals surface area contributed by atoms with Crippen molar-refractivity contribution in [2.24, 2.45) is 0 Å². The highest BCUT2D eigenvalue weighted by Crippen LogP contribution is 2.24. The molecule has 0 amide bonds. The first kappa shape index (κ1) is 14.3. The molecule has 0 aromatic heterocycles. The van der Waals surface area contributed by atoms with Crippen LogP contribution in [0.5, 0.6) is 0 Å². The molecular weight excluding hydrogens is 254 g/mol. The van der Waals surface area contributed by atoms with E-state index >= 15 is 0 Å². The number of benzene rings is 2. The molecule has 0 spiro atoms. The molecule has 21 heavy (non-hydrogen) atoms. The number of hydrogen-bond acceptors (Lipinski definition) is 1. The van der Waals surface area contributed by atoms with Crippen molar-refractivity contribution < 1.29 is 0 Å². The quantitative estimate of drug-likeness (QED) is 0.827. The van der Waals surface area contributed by atoms with Gasteiger partial charge in [-0.25, -0.2) is 0 Å². The molecule has 2 aromatic carbocycles. The standard InChI is InChI=1S/C20H25N/c1-15-10-16(2)12-17(11-15)13-19(14-21-20-8-9-20)18-6-4-3-5-7-18/h3-7,10-12,19-21H,8-9,13-14H2,1-2H3. The van der Waals surface area contributed by atoms with Crippen LogP contribution in [-0.4, -0.2) is 12.6 Å². The van der Waals surface area contributed by atoms with Crippen molar-refractivity contribution in [1.82, 2.24) is 5.32 Å². The third-order valence-corrected chi connectivity index (χ3v) is 4.26. The Balaban J connectivity index is 1.77. The molecule has 1 atom stereocenters. The highest BCUT2D eigenvalue weighted by molar-refractivity contribution is 5.31. The summed E-state index contributed by atoms with van der Waals surface area (Å²) < 4.78 is 0. The molecule has 1 unspecified atom stereocenters. The van der Waals surface area contributed by atoms with Crippen LogP contribution in [0.25, 0.3) is 0 Å². The smallest absolute Gasteiger partial charge is 0.00684 e. The van der Waals surface area contributed by atoms with Gasteiger partial charge in [0.05, 0.1) is 0 Å². The second-order valence-corrected chi connectivity index (χ2v) is 6.49. The Morgan fingerprint density at radius 2 is 1.67 bits per heavy atom. The van der Waals surface area contributed by atoms with Crippen molar-refractivity contribution in [1.29, 1.82) is 0 Å². The van der Waals surface area contributed by atoms with E-state index in [1.807, 2.05) is 0 Å². The Kier molecular flexibility index (Phi) is 4.40. The molecule has 3 rings (SSSR count). The molecule has 1 heteroatoms. The van der Waals surface area contributed by atoms with Crippen LogP contribution in [0.1, 0.15) is 41.0 Å². The van der Waals surface area contributed by atoms with Gasteiger partial charge >= 0.3 is 0 Å². The lowest BCUT2D eigenvalue weighted by Gasteiger charge is -2.19. The van der Waals surface area contributed by atoms with Gasteiger partial charge in [0.25, 0.3) is 0 Å². The summed E-state index contributed by atoms with van der Waals surface area (Å²) in [6, 6.07) is 18.6. The van der Waals surface area contributed by atoms with Crippen molar-refractivity contribution >= 4 is 0 Å². The lowest BCUT2D eigenvalue weighted by atomic mass is 9.90. The van der Waals surface area contributed by atoms with E-state index in [0.717, 1.165) is 19.0 Å². The van der Waals surface area contributed by atoms with Gasteiger partial charge in [-0.15, -0.1) is 0 Å². The van der Waals surface area contributed by atoms with Crippen molar-refractivity contribution in [3.05, 3.63) is 70.8 Å². The summed E-state index contributed by atoms with van der Waals surface area (Å²) in [5.74, 6) is 0.563. The third-order valence-electron chi connectivity index (χ3n) is 4.26. The average molecular weight is 279 g/mol. The van der Waals surface area contributed by atoms with Gasteiger partial charge < -0.3 is 5.32 Å². The fraction of sp³-hybridized carbons (Fsp3) is 0.400. The second-order valence-electron chi connectivity index (χ2n) is 6.49. The number of hydrogen-bond donors (Lipinski definition) is 1. The molecule has 2 aromatic rings. The minimum atomic E-state index is 0.563. The topological polar surface area (TPSA) is 12.0 Å². The molecule has 0 radical (unpaired) electrons. The summed E-state index contributed by atoms with van der Waals surface area (Å²) >= 11 is 0. The zero-order valence-electron chi connectivity index (χ0n) is 13.1. The number of rotatable bonds is 6. The Bertz CT molecular complexity index is 564. The molecule has 110 valence electrons. The molecule has 1 N–H and O–H groups in total. The summed E-state index contributed by atoms with van der Waals surface area (Å²) in [5.41, 5.74) is 5.64. The Hall–Kier alpha value is -1.60. The Morgan fingerprint density at radius 1 is 1.00 bits per heavy atom. The lowest BCUT2D eigenvalue weighted by molar-refractivity contribution is 0.577. The SMILES string of the molecule is Cc1cc(C)cc(CC(CNC2CC2)c2ccccc2)c1. The van der Waals surface area contributed by atoms with Crippen LogP contribution < -0.4 is 5.32 Å². The van der Waals surface area contributed by atoms with Gasteiger partial charge in [-0.2, -0.15) is 0 Å². The third kappa shape index (κ3) is 4.18. The normalized spacial score (nSPS) is 15.9. The second kappa shape index (κ2) is 6.44. The summed E-state index contributed by atoms with van der Waals surface area (Å²) in [4.78, 5) is 0. The first-order valence-electron chi connectivity index (χ1n) is 8.06. The summed E-state index contributed by atoms with van der Waals surface area (Å²) in [6.07, 6.45) is 3.82. The zero-order valence-corrected chi connectivity index (χ0v) is 13.1. The Labute approximate surface area is 128 Å². The number of aryl methyl sites for hydroxylation is 2. The van der Waals surface area contributed by atoms with Gasteiger partial charge in [-0.05, 0) is 44.2 Å². The summed E-state index contributed by atoms with van der Waals surface area (Å²) in [5, 5.41) is 3.70. The minimum Gasteiger partial charge on any atom is -0.313 e. The van der Waals surface area contributed by atoms with Gasteiger partial charge in [-0.1, -0.05) is 59.7 Å². The zero-order chi connectivity index (χ0) is 14.7. The van der Waals surface area contributed by atoms with E-state index in [2.05, 4.69) is 67.7 Å².